The van der Waals surface area contributed by atoms with Crippen LogP contribution in [0.2, 0.25) is 0 Å². The Morgan fingerprint density at radius 2 is 1.59 bits per heavy atom. The van der Waals surface area contributed by atoms with Crippen molar-refractivity contribution in [2.45, 2.75) is 13.8 Å². The Morgan fingerprint density at radius 1 is 0.862 bits per heavy atom. The van der Waals surface area contributed by atoms with Gasteiger partial charge in [0.1, 0.15) is 0 Å². The molecule has 0 aliphatic rings. The van der Waals surface area contributed by atoms with Crippen LogP contribution in [0.4, 0.5) is 0 Å². The second-order valence-electron chi connectivity index (χ2n) is 7.14. The van der Waals surface area contributed by atoms with Crippen LogP contribution in [0.5, 0.6) is 0 Å². The topological polar surface area (TPSA) is 38.5 Å². The van der Waals surface area contributed by atoms with Gasteiger partial charge in [-0.15, -0.1) is 0 Å². The van der Waals surface area contributed by atoms with Gasteiger partial charge < -0.3 is 4.40 Å². The molecule has 0 spiro atoms. The Bertz CT molecular complexity index is 1230. The van der Waals surface area contributed by atoms with Crippen molar-refractivity contribution in [2.75, 3.05) is 0 Å². The largest absolute Gasteiger partial charge is 0.313 e. The second-order valence-corrected chi connectivity index (χ2v) is 7.14. The number of aryl methyl sites for hydroxylation is 1. The summed E-state index contributed by atoms with van der Waals surface area (Å²) in [6.07, 6.45) is 5.24. The molecule has 0 saturated carbocycles. The molecule has 4 rings (SSSR count). The number of allylic oxidation sites excluding steroid dienone is 1. The Hall–Kier alpha value is -3.72. The molecule has 2 aromatic heterocycles. The van der Waals surface area contributed by atoms with Crippen molar-refractivity contribution < 1.29 is 9.59 Å². The smallest absolute Gasteiger partial charge is 0.210 e. The SMILES string of the molecule is Cc1ccc(/C=C/C(=O)c2cc3cccn3c(C(=O)c3ccccc3)c2C)cc1. The lowest BCUT2D eigenvalue weighted by Crippen LogP contribution is -2.13. The molecular formula is C26H21NO2. The van der Waals surface area contributed by atoms with Crippen LogP contribution in [-0.4, -0.2) is 16.0 Å². The molecule has 2 aromatic carbocycles. The average Bonchev–Trinajstić information content (AvgIpc) is 3.21. The number of aromatic nitrogens is 1. The van der Waals surface area contributed by atoms with E-state index in [1.807, 2.05) is 91.2 Å². The van der Waals surface area contributed by atoms with Gasteiger partial charge in [0.05, 0.1) is 5.69 Å². The fourth-order valence-electron chi connectivity index (χ4n) is 3.48. The van der Waals surface area contributed by atoms with Crippen LogP contribution >= 0.6 is 0 Å². The molecular weight excluding hydrogens is 358 g/mol. The zero-order valence-electron chi connectivity index (χ0n) is 16.4. The number of benzene rings is 2. The zero-order chi connectivity index (χ0) is 20.4. The molecule has 0 unspecified atom stereocenters. The number of pyridine rings is 1. The first kappa shape index (κ1) is 18.6. The Morgan fingerprint density at radius 3 is 2.31 bits per heavy atom. The van der Waals surface area contributed by atoms with Gasteiger partial charge in [-0.3, -0.25) is 9.59 Å². The second kappa shape index (κ2) is 7.72. The van der Waals surface area contributed by atoms with Crippen molar-refractivity contribution in [3.8, 4) is 0 Å². The monoisotopic (exact) mass is 379 g/mol. The van der Waals surface area contributed by atoms with Crippen molar-refractivity contribution in [3.05, 3.63) is 119 Å². The fraction of sp³-hybridized carbons (Fsp3) is 0.0769. The van der Waals surface area contributed by atoms with Gasteiger partial charge in [0.25, 0.3) is 0 Å². The third-order valence-corrected chi connectivity index (χ3v) is 5.09. The molecule has 0 radical (unpaired) electrons. The number of rotatable bonds is 5. The van der Waals surface area contributed by atoms with E-state index in [2.05, 4.69) is 0 Å². The Balaban J connectivity index is 1.77. The summed E-state index contributed by atoms with van der Waals surface area (Å²) >= 11 is 0. The van der Waals surface area contributed by atoms with E-state index in [0.717, 1.165) is 11.1 Å². The molecule has 0 aliphatic carbocycles. The van der Waals surface area contributed by atoms with E-state index < -0.39 is 0 Å². The minimum atomic E-state index is -0.117. The molecule has 0 amide bonds. The van der Waals surface area contributed by atoms with E-state index in [1.54, 1.807) is 18.2 Å². The highest BCUT2D eigenvalue weighted by molar-refractivity contribution is 6.14. The van der Waals surface area contributed by atoms with Crippen LogP contribution in [0.1, 0.15) is 43.1 Å². The summed E-state index contributed by atoms with van der Waals surface area (Å²) < 4.78 is 1.85. The minimum Gasteiger partial charge on any atom is -0.313 e. The number of carbonyl (C=O) groups is 2. The molecule has 3 nitrogen and oxygen atoms in total. The van der Waals surface area contributed by atoms with Crippen LogP contribution < -0.4 is 0 Å². The molecule has 0 atom stereocenters. The summed E-state index contributed by atoms with van der Waals surface area (Å²) in [5.74, 6) is -0.213. The van der Waals surface area contributed by atoms with E-state index in [-0.39, 0.29) is 11.6 Å². The molecule has 29 heavy (non-hydrogen) atoms. The lowest BCUT2D eigenvalue weighted by atomic mass is 9.97. The molecule has 3 heteroatoms. The number of ketones is 2. The quantitative estimate of drug-likeness (QED) is 0.330. The first-order valence-electron chi connectivity index (χ1n) is 9.54. The van der Waals surface area contributed by atoms with Crippen LogP contribution in [0.15, 0.2) is 85.1 Å². The van der Waals surface area contributed by atoms with Gasteiger partial charge in [0, 0.05) is 22.8 Å². The maximum absolute atomic E-state index is 13.2. The van der Waals surface area contributed by atoms with E-state index in [4.69, 9.17) is 0 Å². The first-order valence-corrected chi connectivity index (χ1v) is 9.54. The third kappa shape index (κ3) is 3.67. The van der Waals surface area contributed by atoms with Crippen LogP contribution in [0.3, 0.4) is 0 Å². The number of fused-ring (bicyclic) bond motifs is 1. The van der Waals surface area contributed by atoms with Gasteiger partial charge in [-0.25, -0.2) is 0 Å². The van der Waals surface area contributed by atoms with Crippen LogP contribution in [0, 0.1) is 13.8 Å². The molecule has 0 saturated heterocycles. The average molecular weight is 379 g/mol. The third-order valence-electron chi connectivity index (χ3n) is 5.09. The molecule has 0 fully saturated rings. The number of carbonyl (C=O) groups excluding carboxylic acids is 2. The highest BCUT2D eigenvalue weighted by atomic mass is 16.1. The summed E-state index contributed by atoms with van der Waals surface area (Å²) in [5, 5.41) is 0. The van der Waals surface area contributed by atoms with Crippen molar-refractivity contribution in [1.29, 1.82) is 0 Å². The highest BCUT2D eigenvalue weighted by Gasteiger charge is 2.20. The summed E-state index contributed by atoms with van der Waals surface area (Å²) in [5.41, 5.74) is 5.30. The van der Waals surface area contributed by atoms with E-state index >= 15 is 0 Å². The van der Waals surface area contributed by atoms with Crippen LogP contribution in [-0.2, 0) is 0 Å². The van der Waals surface area contributed by atoms with Gasteiger partial charge in [0.15, 0.2) is 5.78 Å². The summed E-state index contributed by atoms with van der Waals surface area (Å²) in [7, 11) is 0. The van der Waals surface area contributed by atoms with E-state index in [1.165, 1.54) is 5.56 Å². The molecule has 4 aromatic rings. The normalized spacial score (nSPS) is 11.2. The Labute approximate surface area is 169 Å². The van der Waals surface area contributed by atoms with Crippen LogP contribution in [0.25, 0.3) is 11.6 Å². The predicted octanol–water partition coefficient (Wildman–Crippen LogP) is 5.68. The number of hydrogen-bond donors (Lipinski definition) is 0. The van der Waals surface area contributed by atoms with Crippen molar-refractivity contribution in [2.24, 2.45) is 0 Å². The molecule has 0 bridgehead atoms. The lowest BCUT2D eigenvalue weighted by Gasteiger charge is -2.13. The predicted molar refractivity (Wildman–Crippen MR) is 117 cm³/mol. The molecule has 142 valence electrons. The molecule has 0 aliphatic heterocycles. The van der Waals surface area contributed by atoms with Gasteiger partial charge in [0.2, 0.25) is 5.78 Å². The summed E-state index contributed by atoms with van der Waals surface area (Å²) in [6.45, 7) is 3.86. The minimum absolute atomic E-state index is 0.0959. The first-order chi connectivity index (χ1) is 14.0. The molecule has 2 heterocycles. The maximum atomic E-state index is 13.2. The van der Waals surface area contributed by atoms with Crippen molar-refractivity contribution in [3.63, 3.8) is 0 Å². The summed E-state index contributed by atoms with van der Waals surface area (Å²) in [4.78, 5) is 26.2. The standard InChI is InChI=1S/C26H21NO2/c1-18-10-12-20(13-11-18)14-15-24(28)23-17-22-9-6-16-27(22)25(19(23)2)26(29)21-7-4-3-5-8-21/h3-17H,1-2H3/b15-14+. The fourth-order valence-corrected chi connectivity index (χ4v) is 3.48. The summed E-state index contributed by atoms with van der Waals surface area (Å²) in [6, 6.07) is 22.8. The lowest BCUT2D eigenvalue weighted by molar-refractivity contribution is 0.103. The number of hydrogen-bond acceptors (Lipinski definition) is 2. The van der Waals surface area contributed by atoms with Crippen molar-refractivity contribution in [1.82, 2.24) is 4.40 Å². The maximum Gasteiger partial charge on any atom is 0.210 e. The van der Waals surface area contributed by atoms with Gasteiger partial charge in [-0.2, -0.15) is 0 Å². The zero-order valence-corrected chi connectivity index (χ0v) is 16.4. The van der Waals surface area contributed by atoms with Gasteiger partial charge in [-0.05, 0) is 49.2 Å². The van der Waals surface area contributed by atoms with E-state index in [9.17, 15) is 9.59 Å². The van der Waals surface area contributed by atoms with Gasteiger partial charge in [-0.1, -0.05) is 66.2 Å². The molecule has 0 N–H and O–H groups in total. The van der Waals surface area contributed by atoms with Gasteiger partial charge >= 0.3 is 0 Å². The Kier molecular flexibility index (Phi) is 4.96. The van der Waals surface area contributed by atoms with E-state index in [0.29, 0.717) is 22.4 Å². The van der Waals surface area contributed by atoms with Crippen molar-refractivity contribution >= 4 is 23.2 Å². The number of nitrogens with zero attached hydrogens (tertiary/aromatic N) is 1. The highest BCUT2D eigenvalue weighted by Crippen LogP contribution is 2.23.